The molecule has 2 aromatic rings. The summed E-state index contributed by atoms with van der Waals surface area (Å²) in [4.78, 5) is 23.9. The van der Waals surface area contributed by atoms with E-state index in [1.807, 2.05) is 6.07 Å². The molecule has 2 amide bonds. The zero-order chi connectivity index (χ0) is 17.9. The molecular weight excluding hydrogens is 324 g/mol. The quantitative estimate of drug-likeness (QED) is 0.561. The summed E-state index contributed by atoms with van der Waals surface area (Å²) < 4.78 is 15.7. The van der Waals surface area contributed by atoms with Gasteiger partial charge in [0.2, 0.25) is 0 Å². The Balaban J connectivity index is 1.82. The number of rotatable bonds is 8. The lowest BCUT2D eigenvalue weighted by Gasteiger charge is -2.12. The molecule has 2 N–H and O–H groups in total. The first-order valence-electron chi connectivity index (χ1n) is 7.68. The van der Waals surface area contributed by atoms with Crippen LogP contribution < -0.4 is 20.3 Å². The van der Waals surface area contributed by atoms with Crippen molar-refractivity contribution in [2.75, 3.05) is 26.9 Å². The molecule has 0 spiro atoms. The maximum absolute atomic E-state index is 12.2. The van der Waals surface area contributed by atoms with Gasteiger partial charge in [-0.2, -0.15) is 0 Å². The number of amides is 2. The van der Waals surface area contributed by atoms with Crippen LogP contribution in [0.1, 0.15) is 10.4 Å². The second-order valence-electron chi connectivity index (χ2n) is 4.94. The van der Waals surface area contributed by atoms with E-state index in [2.05, 4.69) is 10.9 Å². The molecule has 7 nitrogen and oxygen atoms in total. The third-order valence-corrected chi connectivity index (χ3v) is 3.11. The number of carbonyl (C=O) groups is 2. The van der Waals surface area contributed by atoms with Gasteiger partial charge in [0.25, 0.3) is 11.8 Å². The first-order chi connectivity index (χ1) is 12.2. The van der Waals surface area contributed by atoms with Crippen LogP contribution in [0.15, 0.2) is 54.6 Å². The fraction of sp³-hybridized carbons (Fsp3) is 0.222. The van der Waals surface area contributed by atoms with E-state index in [9.17, 15) is 9.59 Å². The number of hydrogen-bond donors (Lipinski definition) is 2. The largest absolute Gasteiger partial charge is 0.490 e. The third kappa shape index (κ3) is 6.15. The highest BCUT2D eigenvalue weighted by Crippen LogP contribution is 2.17. The number of hydrazine groups is 1. The summed E-state index contributed by atoms with van der Waals surface area (Å²) in [6, 6.07) is 15.7. The Hall–Kier alpha value is -3.06. The number of carbonyl (C=O) groups excluding carboxylic acids is 2. The molecule has 0 saturated heterocycles. The van der Waals surface area contributed by atoms with Crippen LogP contribution in [0.2, 0.25) is 0 Å². The zero-order valence-electron chi connectivity index (χ0n) is 13.9. The molecule has 0 atom stereocenters. The van der Waals surface area contributed by atoms with Crippen LogP contribution >= 0.6 is 0 Å². The van der Waals surface area contributed by atoms with Crippen molar-refractivity contribution in [1.29, 1.82) is 0 Å². The zero-order valence-corrected chi connectivity index (χ0v) is 13.9. The van der Waals surface area contributed by atoms with E-state index in [-0.39, 0.29) is 6.61 Å². The molecule has 132 valence electrons. The Labute approximate surface area is 145 Å². The van der Waals surface area contributed by atoms with Crippen LogP contribution in [0.5, 0.6) is 11.5 Å². The van der Waals surface area contributed by atoms with Crippen molar-refractivity contribution in [3.8, 4) is 11.5 Å². The first-order valence-corrected chi connectivity index (χ1v) is 7.68. The van der Waals surface area contributed by atoms with Gasteiger partial charge in [-0.05, 0) is 24.3 Å². The summed E-state index contributed by atoms with van der Waals surface area (Å²) in [5, 5.41) is 0. The number of ether oxygens (including phenoxy) is 3. The molecule has 0 fully saturated rings. The molecule has 25 heavy (non-hydrogen) atoms. The number of hydrogen-bond acceptors (Lipinski definition) is 5. The van der Waals surface area contributed by atoms with E-state index < -0.39 is 11.8 Å². The van der Waals surface area contributed by atoms with E-state index >= 15 is 0 Å². The second kappa shape index (κ2) is 9.94. The van der Waals surface area contributed by atoms with Crippen LogP contribution in [-0.4, -0.2) is 38.7 Å². The molecule has 2 aromatic carbocycles. The predicted octanol–water partition coefficient (Wildman–Crippen LogP) is 1.55. The van der Waals surface area contributed by atoms with Crippen LogP contribution in [-0.2, 0) is 9.53 Å². The van der Waals surface area contributed by atoms with Crippen LogP contribution in [0, 0.1) is 0 Å². The summed E-state index contributed by atoms with van der Waals surface area (Å²) in [6.07, 6.45) is 0. The van der Waals surface area contributed by atoms with Gasteiger partial charge < -0.3 is 14.2 Å². The van der Waals surface area contributed by atoms with Crippen LogP contribution in [0.4, 0.5) is 0 Å². The predicted molar refractivity (Wildman–Crippen MR) is 91.4 cm³/mol. The van der Waals surface area contributed by atoms with Gasteiger partial charge in [0.1, 0.15) is 18.1 Å². The van der Waals surface area contributed by atoms with Gasteiger partial charge in [-0.3, -0.25) is 20.4 Å². The molecule has 0 unspecified atom stereocenters. The molecule has 0 heterocycles. The van der Waals surface area contributed by atoms with Gasteiger partial charge in [0.05, 0.1) is 12.2 Å². The number of para-hydroxylation sites is 2. The van der Waals surface area contributed by atoms with Gasteiger partial charge in [-0.25, -0.2) is 0 Å². The highest BCUT2D eigenvalue weighted by atomic mass is 16.5. The van der Waals surface area contributed by atoms with Crippen molar-refractivity contribution in [1.82, 2.24) is 10.9 Å². The van der Waals surface area contributed by atoms with E-state index in [1.165, 1.54) is 0 Å². The fourth-order valence-corrected chi connectivity index (χ4v) is 1.91. The van der Waals surface area contributed by atoms with Crippen molar-refractivity contribution in [2.45, 2.75) is 0 Å². The average molecular weight is 344 g/mol. The minimum absolute atomic E-state index is 0.212. The average Bonchev–Trinajstić information content (AvgIpc) is 2.66. The Morgan fingerprint density at radius 1 is 0.880 bits per heavy atom. The maximum atomic E-state index is 12.2. The van der Waals surface area contributed by atoms with Crippen molar-refractivity contribution >= 4 is 11.8 Å². The summed E-state index contributed by atoms with van der Waals surface area (Å²) in [6.45, 7) is 0.512. The minimum Gasteiger partial charge on any atom is -0.490 e. The molecule has 0 bridgehead atoms. The molecule has 0 aliphatic rings. The van der Waals surface area contributed by atoms with E-state index in [1.54, 1.807) is 55.6 Å². The summed E-state index contributed by atoms with van der Waals surface area (Å²) in [7, 11) is 1.56. The molecule has 0 aliphatic carbocycles. The maximum Gasteiger partial charge on any atom is 0.276 e. The van der Waals surface area contributed by atoms with Gasteiger partial charge >= 0.3 is 0 Å². The smallest absolute Gasteiger partial charge is 0.276 e. The number of nitrogens with one attached hydrogen (secondary N) is 2. The lowest BCUT2D eigenvalue weighted by atomic mass is 10.2. The summed E-state index contributed by atoms with van der Waals surface area (Å²) in [5.74, 6) is 0.0174. The van der Waals surface area contributed by atoms with Crippen molar-refractivity contribution < 1.29 is 23.8 Å². The van der Waals surface area contributed by atoms with Crippen LogP contribution in [0.3, 0.4) is 0 Å². The van der Waals surface area contributed by atoms with Crippen molar-refractivity contribution in [3.63, 3.8) is 0 Å². The lowest BCUT2D eigenvalue weighted by molar-refractivity contribution is -0.123. The Morgan fingerprint density at radius 3 is 2.36 bits per heavy atom. The standard InChI is InChI=1S/C18H20N2O5/c1-23-11-12-24-16-10-6-5-9-15(16)18(22)20-19-17(21)13-25-14-7-3-2-4-8-14/h2-10H,11-13H2,1H3,(H,19,21)(H,20,22). The minimum atomic E-state index is -0.485. The second-order valence-corrected chi connectivity index (χ2v) is 4.94. The lowest BCUT2D eigenvalue weighted by Crippen LogP contribution is -2.43. The highest BCUT2D eigenvalue weighted by molar-refractivity contribution is 5.97. The third-order valence-electron chi connectivity index (χ3n) is 3.11. The van der Waals surface area contributed by atoms with E-state index in [0.29, 0.717) is 30.3 Å². The molecule has 7 heteroatoms. The number of benzene rings is 2. The van der Waals surface area contributed by atoms with E-state index in [4.69, 9.17) is 14.2 Å². The van der Waals surface area contributed by atoms with Gasteiger partial charge in [-0.1, -0.05) is 30.3 Å². The SMILES string of the molecule is COCCOc1ccccc1C(=O)NNC(=O)COc1ccccc1. The molecule has 0 aliphatic heterocycles. The normalized spacial score (nSPS) is 9.96. The topological polar surface area (TPSA) is 85.9 Å². The monoisotopic (exact) mass is 344 g/mol. The molecule has 2 rings (SSSR count). The van der Waals surface area contributed by atoms with Gasteiger partial charge in [0.15, 0.2) is 6.61 Å². The van der Waals surface area contributed by atoms with Crippen molar-refractivity contribution in [2.24, 2.45) is 0 Å². The Bertz CT molecular complexity index is 691. The Morgan fingerprint density at radius 2 is 1.60 bits per heavy atom. The van der Waals surface area contributed by atoms with Gasteiger partial charge in [-0.15, -0.1) is 0 Å². The molecular formula is C18H20N2O5. The van der Waals surface area contributed by atoms with Crippen molar-refractivity contribution in [3.05, 3.63) is 60.2 Å². The Kier molecular flexibility index (Phi) is 7.27. The van der Waals surface area contributed by atoms with E-state index in [0.717, 1.165) is 0 Å². The fourth-order valence-electron chi connectivity index (χ4n) is 1.91. The van der Waals surface area contributed by atoms with Crippen LogP contribution in [0.25, 0.3) is 0 Å². The first kappa shape index (κ1) is 18.3. The molecule has 0 aromatic heterocycles. The summed E-state index contributed by atoms with van der Waals surface area (Å²) in [5.41, 5.74) is 4.95. The molecule has 0 saturated carbocycles. The molecule has 0 radical (unpaired) electrons. The number of methoxy groups -OCH3 is 1. The van der Waals surface area contributed by atoms with Gasteiger partial charge in [0, 0.05) is 7.11 Å². The highest BCUT2D eigenvalue weighted by Gasteiger charge is 2.13. The summed E-state index contributed by atoms with van der Waals surface area (Å²) >= 11 is 0.